The monoisotopic (exact) mass is 467 g/mol. The third-order valence-electron chi connectivity index (χ3n) is 8.55. The molecule has 2 saturated carbocycles. The maximum Gasteiger partial charge on any atom is 0.143 e. The zero-order valence-electron chi connectivity index (χ0n) is 21.8. The van der Waals surface area contributed by atoms with Gasteiger partial charge >= 0.3 is 0 Å². The van der Waals surface area contributed by atoms with Crippen LogP contribution in [0.1, 0.15) is 105 Å². The van der Waals surface area contributed by atoms with E-state index >= 15 is 0 Å². The van der Waals surface area contributed by atoms with Crippen molar-refractivity contribution in [3.8, 4) is 0 Å². The molecule has 2 aliphatic carbocycles. The first kappa shape index (κ1) is 24.0. The molecule has 5 rings (SSSR count). The molecule has 0 aromatic heterocycles. The van der Waals surface area contributed by atoms with Gasteiger partial charge in [0.1, 0.15) is 12.2 Å². The van der Waals surface area contributed by atoms with Crippen LogP contribution in [-0.4, -0.2) is 18.2 Å². The predicted molar refractivity (Wildman–Crippen MR) is 149 cm³/mol. The van der Waals surface area contributed by atoms with E-state index in [1.165, 1.54) is 97.7 Å². The number of aliphatic imine (C=N–C) groups is 2. The van der Waals surface area contributed by atoms with Gasteiger partial charge in [-0.2, -0.15) is 0 Å². The van der Waals surface area contributed by atoms with Gasteiger partial charge in [-0.05, 0) is 97.7 Å². The summed E-state index contributed by atoms with van der Waals surface area (Å²) in [6.45, 7) is 6.74. The minimum absolute atomic E-state index is 0.0811. The zero-order valence-corrected chi connectivity index (χ0v) is 21.8. The number of amidine groups is 1. The molecular weight excluding hydrogens is 426 g/mol. The highest BCUT2D eigenvalue weighted by Crippen LogP contribution is 2.37. The Kier molecular flexibility index (Phi) is 7.51. The molecule has 0 spiro atoms. The van der Waals surface area contributed by atoms with Crippen molar-refractivity contribution in [2.24, 2.45) is 15.9 Å². The van der Waals surface area contributed by atoms with Crippen molar-refractivity contribution in [2.75, 3.05) is 0 Å². The van der Waals surface area contributed by atoms with Crippen LogP contribution >= 0.6 is 0 Å². The Balaban J connectivity index is 1.45. The van der Waals surface area contributed by atoms with Gasteiger partial charge in [0.15, 0.2) is 0 Å². The molecular formula is C32H41N3. The number of benzene rings is 2. The van der Waals surface area contributed by atoms with E-state index in [-0.39, 0.29) is 5.92 Å². The molecule has 2 fully saturated rings. The van der Waals surface area contributed by atoms with E-state index in [0.717, 1.165) is 11.8 Å². The summed E-state index contributed by atoms with van der Waals surface area (Å²) in [5.41, 5.74) is 9.60. The van der Waals surface area contributed by atoms with Crippen molar-refractivity contribution in [2.45, 2.75) is 96.9 Å². The molecule has 2 aromatic rings. The number of rotatable bonds is 11. The smallest absolute Gasteiger partial charge is 0.143 e. The SMILES string of the molecule is CCCC(CCC1CCC1)NC(=C1CCC1)c1cccc(C(C2=NC=N2)c2cccc(C)c2C)c1. The van der Waals surface area contributed by atoms with Gasteiger partial charge in [-0.1, -0.05) is 69.0 Å². The largest absolute Gasteiger partial charge is 0.382 e. The Hall–Kier alpha value is -2.68. The maximum absolute atomic E-state index is 4.55. The van der Waals surface area contributed by atoms with E-state index in [1.54, 1.807) is 11.9 Å². The summed E-state index contributed by atoms with van der Waals surface area (Å²) in [6.07, 6.45) is 14.9. The lowest BCUT2D eigenvalue weighted by Gasteiger charge is -2.31. The van der Waals surface area contributed by atoms with Crippen molar-refractivity contribution in [3.63, 3.8) is 0 Å². The number of nitrogens with one attached hydrogen (secondary N) is 1. The van der Waals surface area contributed by atoms with Crippen molar-refractivity contribution in [1.29, 1.82) is 0 Å². The third kappa shape index (κ3) is 5.29. The Morgan fingerprint density at radius 2 is 1.83 bits per heavy atom. The van der Waals surface area contributed by atoms with Crippen LogP contribution in [0.5, 0.6) is 0 Å². The lowest BCUT2D eigenvalue weighted by molar-refractivity contribution is 0.276. The first-order valence-corrected chi connectivity index (χ1v) is 13.9. The Morgan fingerprint density at radius 3 is 2.46 bits per heavy atom. The highest BCUT2D eigenvalue weighted by atomic mass is 15.1. The van der Waals surface area contributed by atoms with Crippen molar-refractivity contribution < 1.29 is 0 Å². The van der Waals surface area contributed by atoms with E-state index in [0.29, 0.717) is 6.04 Å². The maximum atomic E-state index is 4.55. The predicted octanol–water partition coefficient (Wildman–Crippen LogP) is 8.11. The molecule has 0 amide bonds. The summed E-state index contributed by atoms with van der Waals surface area (Å²) >= 11 is 0. The molecule has 184 valence electrons. The summed E-state index contributed by atoms with van der Waals surface area (Å²) in [5, 5.41) is 4.08. The topological polar surface area (TPSA) is 36.8 Å². The van der Waals surface area contributed by atoms with Gasteiger partial charge in [0.05, 0.1) is 5.92 Å². The van der Waals surface area contributed by atoms with E-state index in [4.69, 9.17) is 0 Å². The van der Waals surface area contributed by atoms with Crippen molar-refractivity contribution >= 4 is 17.9 Å². The van der Waals surface area contributed by atoms with Gasteiger partial charge in [0.25, 0.3) is 0 Å². The fourth-order valence-electron chi connectivity index (χ4n) is 5.75. The molecule has 2 atom stereocenters. The molecule has 1 aliphatic heterocycles. The highest BCUT2D eigenvalue weighted by molar-refractivity contribution is 6.07. The van der Waals surface area contributed by atoms with Crippen LogP contribution in [0.4, 0.5) is 0 Å². The minimum Gasteiger partial charge on any atom is -0.382 e. The number of aryl methyl sites for hydroxylation is 1. The molecule has 35 heavy (non-hydrogen) atoms. The second-order valence-electron chi connectivity index (χ2n) is 10.9. The third-order valence-corrected chi connectivity index (χ3v) is 8.55. The molecule has 0 bridgehead atoms. The molecule has 3 heteroatoms. The number of hydrogen-bond donors (Lipinski definition) is 1. The van der Waals surface area contributed by atoms with Crippen LogP contribution in [0.2, 0.25) is 0 Å². The summed E-state index contributed by atoms with van der Waals surface area (Å²) in [6, 6.07) is 16.4. The van der Waals surface area contributed by atoms with E-state index < -0.39 is 0 Å². The first-order valence-electron chi connectivity index (χ1n) is 13.9. The number of hydrogen-bond acceptors (Lipinski definition) is 3. The average molecular weight is 468 g/mol. The van der Waals surface area contributed by atoms with Gasteiger partial charge in [-0.3, -0.25) is 0 Å². The first-order chi connectivity index (χ1) is 17.1. The lowest BCUT2D eigenvalue weighted by Crippen LogP contribution is -2.30. The highest BCUT2D eigenvalue weighted by Gasteiger charge is 2.27. The van der Waals surface area contributed by atoms with E-state index in [9.17, 15) is 0 Å². The quantitative estimate of drug-likeness (QED) is 0.356. The summed E-state index contributed by atoms with van der Waals surface area (Å²) in [7, 11) is 0. The van der Waals surface area contributed by atoms with Crippen LogP contribution in [0.15, 0.2) is 58.0 Å². The Labute approximate surface area is 211 Å². The standard InChI is InChI=1S/C32H41N3/c1-4-9-28(19-18-24-11-6-12-24)35-31(25-13-7-14-25)27-16-8-15-26(20-27)30(32-33-21-34-32)29-17-5-10-22(2)23(29)3/h5,8,10,15-17,20-21,24,28,30,35H,4,6-7,9,11-14,18-19H2,1-3H3. The molecule has 1 heterocycles. The molecule has 2 aromatic carbocycles. The average Bonchev–Trinajstić information content (AvgIpc) is 2.75. The molecule has 0 radical (unpaired) electrons. The fraction of sp³-hybridized carbons (Fsp3) is 0.500. The summed E-state index contributed by atoms with van der Waals surface area (Å²) in [4.78, 5) is 9.11. The van der Waals surface area contributed by atoms with Gasteiger partial charge in [-0.15, -0.1) is 0 Å². The van der Waals surface area contributed by atoms with Crippen LogP contribution in [-0.2, 0) is 0 Å². The second kappa shape index (κ2) is 10.9. The molecule has 3 aliphatic rings. The molecule has 2 unspecified atom stereocenters. The molecule has 0 saturated heterocycles. The normalized spacial score (nSPS) is 18.7. The lowest BCUT2D eigenvalue weighted by atomic mass is 9.80. The Bertz CT molecular complexity index is 1130. The van der Waals surface area contributed by atoms with Gasteiger partial charge in [0, 0.05) is 11.7 Å². The van der Waals surface area contributed by atoms with Gasteiger partial charge < -0.3 is 5.32 Å². The number of nitrogens with zero attached hydrogens (tertiary/aromatic N) is 2. The van der Waals surface area contributed by atoms with E-state index in [2.05, 4.69) is 78.5 Å². The van der Waals surface area contributed by atoms with E-state index in [1.807, 2.05) is 0 Å². The fourth-order valence-corrected chi connectivity index (χ4v) is 5.75. The van der Waals surface area contributed by atoms with Crippen LogP contribution < -0.4 is 5.32 Å². The molecule has 3 nitrogen and oxygen atoms in total. The van der Waals surface area contributed by atoms with Crippen LogP contribution in [0, 0.1) is 19.8 Å². The van der Waals surface area contributed by atoms with Gasteiger partial charge in [0.2, 0.25) is 0 Å². The van der Waals surface area contributed by atoms with Crippen molar-refractivity contribution in [3.05, 3.63) is 75.9 Å². The summed E-state index contributed by atoms with van der Waals surface area (Å²) in [5.74, 6) is 1.98. The number of allylic oxidation sites excluding steroid dienone is 1. The molecule has 1 N–H and O–H groups in total. The summed E-state index contributed by atoms with van der Waals surface area (Å²) < 4.78 is 0. The van der Waals surface area contributed by atoms with Crippen LogP contribution in [0.3, 0.4) is 0 Å². The Morgan fingerprint density at radius 1 is 1.03 bits per heavy atom. The zero-order chi connectivity index (χ0) is 24.2. The van der Waals surface area contributed by atoms with Crippen molar-refractivity contribution in [1.82, 2.24) is 5.32 Å². The second-order valence-corrected chi connectivity index (χ2v) is 10.9. The minimum atomic E-state index is 0.0811. The van der Waals surface area contributed by atoms with Gasteiger partial charge in [-0.25, -0.2) is 9.98 Å². The van der Waals surface area contributed by atoms with Crippen LogP contribution in [0.25, 0.3) is 5.70 Å².